The van der Waals surface area contributed by atoms with E-state index in [0.29, 0.717) is 25.0 Å². The first kappa shape index (κ1) is 26.0. The second-order valence-corrected chi connectivity index (χ2v) is 9.51. The van der Waals surface area contributed by atoms with E-state index in [4.69, 9.17) is 19.6 Å². The molecule has 0 unspecified atom stereocenters. The van der Waals surface area contributed by atoms with Crippen molar-refractivity contribution in [2.75, 3.05) is 52.4 Å². The lowest BCUT2D eigenvalue weighted by atomic mass is 9.89. The molecule has 0 amide bonds. The summed E-state index contributed by atoms with van der Waals surface area (Å²) < 4.78 is 12.3. The van der Waals surface area contributed by atoms with Crippen molar-refractivity contribution in [3.05, 3.63) is 72.8 Å². The summed E-state index contributed by atoms with van der Waals surface area (Å²) in [5.74, 6) is 1.14. The number of anilines is 2. The van der Waals surface area contributed by atoms with Crippen LogP contribution in [0.5, 0.6) is 0 Å². The predicted molar refractivity (Wildman–Crippen MR) is 148 cm³/mol. The van der Waals surface area contributed by atoms with Gasteiger partial charge in [-0.05, 0) is 67.7 Å². The Hall–Kier alpha value is -3.66. The number of ether oxygens (including phenoxy) is 2. The summed E-state index contributed by atoms with van der Waals surface area (Å²) >= 11 is 0. The molecule has 1 aromatic carbocycles. The fourth-order valence-electron chi connectivity index (χ4n) is 4.87. The average Bonchev–Trinajstić information content (AvgIpc) is 3.41. The number of piperidine rings is 1. The largest absolute Gasteiger partial charge is 0.383 e. The first-order chi connectivity index (χ1) is 18.7. The molecule has 0 spiro atoms. The minimum absolute atomic E-state index is 0.545. The molecule has 0 radical (unpaired) electrons. The molecule has 4 aromatic rings. The van der Waals surface area contributed by atoms with E-state index in [9.17, 15) is 0 Å². The van der Waals surface area contributed by atoms with E-state index in [-0.39, 0.29) is 0 Å². The molecule has 0 bridgehead atoms. The Morgan fingerprint density at radius 2 is 1.74 bits per heavy atom. The second kappa shape index (κ2) is 12.7. The molecule has 0 aliphatic carbocycles. The van der Waals surface area contributed by atoms with Crippen molar-refractivity contribution in [2.24, 2.45) is 0 Å². The van der Waals surface area contributed by atoms with Crippen LogP contribution in [0.3, 0.4) is 0 Å². The van der Waals surface area contributed by atoms with Crippen LogP contribution in [-0.2, 0) is 16.0 Å². The lowest BCUT2D eigenvalue weighted by molar-refractivity contribution is 0.130. The van der Waals surface area contributed by atoms with Gasteiger partial charge in [-0.1, -0.05) is 12.1 Å². The summed E-state index contributed by atoms with van der Waals surface area (Å²) in [6.45, 7) is 5.29. The van der Waals surface area contributed by atoms with Gasteiger partial charge in [-0.25, -0.2) is 9.97 Å². The zero-order valence-electron chi connectivity index (χ0n) is 22.1. The summed E-state index contributed by atoms with van der Waals surface area (Å²) in [4.78, 5) is 16.0. The Balaban J connectivity index is 1.29. The van der Waals surface area contributed by atoms with Crippen LogP contribution in [-0.4, -0.2) is 76.7 Å². The van der Waals surface area contributed by atoms with E-state index in [1.807, 2.05) is 35.3 Å². The van der Waals surface area contributed by atoms with Crippen molar-refractivity contribution in [3.8, 4) is 22.5 Å². The molecule has 1 fully saturated rings. The maximum Gasteiger partial charge on any atom is 0.227 e. The van der Waals surface area contributed by atoms with E-state index < -0.39 is 0 Å². The van der Waals surface area contributed by atoms with Crippen molar-refractivity contribution in [3.63, 3.8) is 0 Å². The Kier molecular flexibility index (Phi) is 8.70. The highest BCUT2D eigenvalue weighted by Gasteiger charge is 2.20. The fraction of sp³-hybridized carbons (Fsp3) is 0.379. The molecule has 4 heterocycles. The van der Waals surface area contributed by atoms with Crippen LogP contribution in [0.25, 0.3) is 22.5 Å². The van der Waals surface area contributed by atoms with Gasteiger partial charge < -0.3 is 19.7 Å². The van der Waals surface area contributed by atoms with Gasteiger partial charge in [0, 0.05) is 62.4 Å². The van der Waals surface area contributed by atoms with Gasteiger partial charge in [-0.3, -0.25) is 9.67 Å². The normalized spacial score (nSPS) is 14.6. The highest BCUT2D eigenvalue weighted by atomic mass is 16.5. The van der Waals surface area contributed by atoms with Crippen molar-refractivity contribution in [1.29, 1.82) is 0 Å². The fourth-order valence-corrected chi connectivity index (χ4v) is 4.87. The Bertz CT molecular complexity index is 1290. The van der Waals surface area contributed by atoms with Crippen LogP contribution in [0.15, 0.2) is 67.3 Å². The first-order valence-corrected chi connectivity index (χ1v) is 13.1. The van der Waals surface area contributed by atoms with Crippen molar-refractivity contribution in [1.82, 2.24) is 29.6 Å². The number of pyridine rings is 1. The molecule has 38 heavy (non-hydrogen) atoms. The molecule has 5 rings (SSSR count). The van der Waals surface area contributed by atoms with E-state index in [1.165, 1.54) is 18.4 Å². The zero-order chi connectivity index (χ0) is 26.2. The van der Waals surface area contributed by atoms with Gasteiger partial charge in [0.2, 0.25) is 5.95 Å². The summed E-state index contributed by atoms with van der Waals surface area (Å²) in [5.41, 5.74) is 5.84. The number of nitrogens with one attached hydrogen (secondary N) is 1. The summed E-state index contributed by atoms with van der Waals surface area (Å²) in [6, 6.07) is 14.5. The van der Waals surface area contributed by atoms with Crippen molar-refractivity contribution < 1.29 is 9.47 Å². The molecule has 9 nitrogen and oxygen atoms in total. The number of hydrogen-bond donors (Lipinski definition) is 1. The van der Waals surface area contributed by atoms with E-state index in [2.05, 4.69) is 44.5 Å². The third kappa shape index (κ3) is 6.42. The zero-order valence-corrected chi connectivity index (χ0v) is 22.1. The van der Waals surface area contributed by atoms with Crippen LogP contribution in [0.1, 0.15) is 24.3 Å². The number of benzene rings is 1. The standard InChI is InChI=1S/C29H35N7O2/c1-37-18-16-35-14-10-23(11-15-35)22-5-7-25(8-6-22)32-29-31-13-9-27(33-29)26-21-36(17-19-38-2)34-28(26)24-4-3-12-30-20-24/h3-9,12-13,20-21,23H,10-11,14-19H2,1-2H3,(H,31,32,33). The SMILES string of the molecule is COCCN1CCC(c2ccc(Nc3nccc(-c4cn(CCOC)nc4-c4cccnc4)n3)cc2)CC1. The number of methoxy groups -OCH3 is 2. The predicted octanol–water partition coefficient (Wildman–Crippen LogP) is 4.62. The van der Waals surface area contributed by atoms with Crippen LogP contribution in [0, 0.1) is 0 Å². The number of nitrogens with zero attached hydrogens (tertiary/aromatic N) is 6. The van der Waals surface area contributed by atoms with Crippen LogP contribution < -0.4 is 5.32 Å². The third-order valence-corrected chi connectivity index (χ3v) is 6.99. The van der Waals surface area contributed by atoms with Gasteiger partial charge in [0.25, 0.3) is 0 Å². The second-order valence-electron chi connectivity index (χ2n) is 9.51. The monoisotopic (exact) mass is 513 g/mol. The minimum atomic E-state index is 0.545. The van der Waals surface area contributed by atoms with Crippen LogP contribution in [0.2, 0.25) is 0 Å². The van der Waals surface area contributed by atoms with Gasteiger partial charge in [0.15, 0.2) is 0 Å². The molecular weight excluding hydrogens is 478 g/mol. The maximum absolute atomic E-state index is 5.24. The van der Waals surface area contributed by atoms with E-state index in [0.717, 1.165) is 54.4 Å². The van der Waals surface area contributed by atoms with Crippen molar-refractivity contribution in [2.45, 2.75) is 25.3 Å². The molecular formula is C29H35N7O2. The Morgan fingerprint density at radius 1 is 0.947 bits per heavy atom. The lowest BCUT2D eigenvalue weighted by Crippen LogP contribution is -2.35. The molecule has 0 saturated carbocycles. The highest BCUT2D eigenvalue weighted by molar-refractivity contribution is 5.78. The number of hydrogen-bond acceptors (Lipinski definition) is 8. The van der Waals surface area contributed by atoms with E-state index >= 15 is 0 Å². The van der Waals surface area contributed by atoms with Crippen LogP contribution >= 0.6 is 0 Å². The molecule has 1 aliphatic heterocycles. The molecule has 1 N–H and O–H groups in total. The quantitative estimate of drug-likeness (QED) is 0.311. The number of rotatable bonds is 11. The van der Waals surface area contributed by atoms with Crippen molar-refractivity contribution >= 4 is 11.6 Å². The molecule has 1 aliphatic rings. The first-order valence-electron chi connectivity index (χ1n) is 13.1. The Morgan fingerprint density at radius 3 is 2.47 bits per heavy atom. The topological polar surface area (TPSA) is 90.2 Å². The highest BCUT2D eigenvalue weighted by Crippen LogP contribution is 2.31. The van der Waals surface area contributed by atoms with Gasteiger partial charge in [0.05, 0.1) is 25.5 Å². The minimum Gasteiger partial charge on any atom is -0.383 e. The molecule has 0 atom stereocenters. The number of likely N-dealkylation sites (tertiary alicyclic amines) is 1. The lowest BCUT2D eigenvalue weighted by Gasteiger charge is -2.32. The third-order valence-electron chi connectivity index (χ3n) is 6.99. The number of aromatic nitrogens is 5. The summed E-state index contributed by atoms with van der Waals surface area (Å²) in [5, 5.41) is 8.16. The molecule has 1 saturated heterocycles. The average molecular weight is 514 g/mol. The van der Waals surface area contributed by atoms with E-state index in [1.54, 1.807) is 26.6 Å². The summed E-state index contributed by atoms with van der Waals surface area (Å²) in [6.07, 6.45) is 9.71. The maximum atomic E-state index is 5.24. The molecule has 9 heteroatoms. The molecule has 3 aromatic heterocycles. The molecule has 198 valence electrons. The van der Waals surface area contributed by atoms with Gasteiger partial charge in [-0.15, -0.1) is 0 Å². The van der Waals surface area contributed by atoms with Gasteiger partial charge in [0.1, 0.15) is 5.69 Å². The van der Waals surface area contributed by atoms with Gasteiger partial charge >= 0.3 is 0 Å². The van der Waals surface area contributed by atoms with Crippen LogP contribution in [0.4, 0.5) is 11.6 Å². The summed E-state index contributed by atoms with van der Waals surface area (Å²) in [7, 11) is 3.45. The Labute approximate surface area is 223 Å². The smallest absolute Gasteiger partial charge is 0.227 e. The van der Waals surface area contributed by atoms with Gasteiger partial charge in [-0.2, -0.15) is 5.10 Å².